The van der Waals surface area contributed by atoms with Crippen LogP contribution in [-0.2, 0) is 0 Å². The van der Waals surface area contributed by atoms with Crippen molar-refractivity contribution < 1.29 is 0 Å². The number of hydrogen-bond donors (Lipinski definition) is 1. The number of anilines is 1. The lowest BCUT2D eigenvalue weighted by atomic mass is 10.1. The molecule has 1 aliphatic rings. The van der Waals surface area contributed by atoms with E-state index in [4.69, 9.17) is 11.6 Å². The Bertz CT molecular complexity index is 754. The molecule has 0 radical (unpaired) electrons. The first-order valence-electron chi connectivity index (χ1n) is 9.62. The molecule has 3 rings (SSSR count). The van der Waals surface area contributed by atoms with Crippen molar-refractivity contribution in [2.45, 2.75) is 6.04 Å². The molecule has 1 saturated heterocycles. The Hall–Kier alpha value is -2.31. The van der Waals surface area contributed by atoms with Gasteiger partial charge in [-0.1, -0.05) is 29.8 Å². The highest BCUT2D eigenvalue weighted by atomic mass is 35.5. The average Bonchev–Trinajstić information content (AvgIpc) is 2.73. The minimum absolute atomic E-state index is 0.240. The normalized spacial score (nSPS) is 16.4. The van der Waals surface area contributed by atoms with E-state index in [2.05, 4.69) is 62.3 Å². The van der Waals surface area contributed by atoms with Crippen LogP contribution in [0.2, 0.25) is 5.02 Å². The van der Waals surface area contributed by atoms with Crippen molar-refractivity contribution in [1.29, 1.82) is 0 Å². The summed E-state index contributed by atoms with van der Waals surface area (Å²) in [6.07, 6.45) is 1.85. The molecule has 0 aliphatic carbocycles. The molecule has 2 heterocycles. The topological polar surface area (TPSA) is 47.0 Å². The van der Waals surface area contributed by atoms with E-state index in [0.29, 0.717) is 0 Å². The summed E-state index contributed by atoms with van der Waals surface area (Å²) in [4.78, 5) is 15.8. The number of hydrogen-bond acceptors (Lipinski definition) is 4. The maximum atomic E-state index is 6.04. The summed E-state index contributed by atoms with van der Waals surface area (Å²) in [5.41, 5.74) is 1.23. The molecule has 1 unspecified atom stereocenters. The Morgan fingerprint density at radius 2 is 1.86 bits per heavy atom. The van der Waals surface area contributed by atoms with E-state index < -0.39 is 0 Å². The molecule has 28 heavy (non-hydrogen) atoms. The fourth-order valence-corrected chi connectivity index (χ4v) is 3.62. The second kappa shape index (κ2) is 9.75. The van der Waals surface area contributed by atoms with Crippen LogP contribution in [0.3, 0.4) is 0 Å². The number of nitrogens with zero attached hydrogens (tertiary/aromatic N) is 5. The molecule has 0 saturated carbocycles. The van der Waals surface area contributed by atoms with Crippen LogP contribution in [0.25, 0.3) is 0 Å². The summed E-state index contributed by atoms with van der Waals surface area (Å²) < 4.78 is 0. The number of rotatable bonds is 5. The van der Waals surface area contributed by atoms with Crippen LogP contribution in [0.15, 0.2) is 53.7 Å². The van der Waals surface area contributed by atoms with Gasteiger partial charge in [0.25, 0.3) is 0 Å². The zero-order chi connectivity index (χ0) is 19.9. The Kier molecular flexibility index (Phi) is 7.12. The van der Waals surface area contributed by atoms with Crippen molar-refractivity contribution in [2.75, 3.05) is 58.8 Å². The van der Waals surface area contributed by atoms with Gasteiger partial charge in [0.15, 0.2) is 5.96 Å². The molecule has 150 valence electrons. The van der Waals surface area contributed by atoms with E-state index in [0.717, 1.165) is 49.5 Å². The number of likely N-dealkylation sites (N-methyl/N-ethyl adjacent to an activating group) is 1. The van der Waals surface area contributed by atoms with Gasteiger partial charge < -0.3 is 20.0 Å². The summed E-state index contributed by atoms with van der Waals surface area (Å²) in [5.74, 6) is 1.99. The van der Waals surface area contributed by atoms with Crippen LogP contribution in [0.1, 0.15) is 11.6 Å². The number of guanidine groups is 1. The summed E-state index contributed by atoms with van der Waals surface area (Å²) in [7, 11) is 6.03. The van der Waals surface area contributed by atoms with Gasteiger partial charge in [-0.25, -0.2) is 4.98 Å². The smallest absolute Gasteiger partial charge is 0.193 e. The first kappa shape index (κ1) is 20.4. The van der Waals surface area contributed by atoms with Crippen LogP contribution in [0.5, 0.6) is 0 Å². The van der Waals surface area contributed by atoms with E-state index >= 15 is 0 Å². The van der Waals surface area contributed by atoms with Crippen molar-refractivity contribution in [2.24, 2.45) is 4.99 Å². The van der Waals surface area contributed by atoms with Gasteiger partial charge in [0, 0.05) is 51.0 Å². The highest BCUT2D eigenvalue weighted by molar-refractivity contribution is 6.30. The molecular formula is C21H29ClN6. The number of piperazine rings is 1. The second-order valence-electron chi connectivity index (χ2n) is 7.12. The number of halogens is 1. The Balaban J connectivity index is 1.57. The molecule has 1 aliphatic heterocycles. The molecular weight excluding hydrogens is 372 g/mol. The van der Waals surface area contributed by atoms with Crippen molar-refractivity contribution >= 4 is 23.4 Å². The van der Waals surface area contributed by atoms with Gasteiger partial charge >= 0.3 is 0 Å². The quantitative estimate of drug-likeness (QED) is 0.617. The van der Waals surface area contributed by atoms with Gasteiger partial charge in [-0.2, -0.15) is 0 Å². The summed E-state index contributed by atoms with van der Waals surface area (Å²) in [6.45, 7) is 4.49. The van der Waals surface area contributed by atoms with Gasteiger partial charge in [0.1, 0.15) is 5.82 Å². The highest BCUT2D eigenvalue weighted by Gasteiger charge is 2.22. The lowest BCUT2D eigenvalue weighted by Gasteiger charge is -2.37. The van der Waals surface area contributed by atoms with Crippen molar-refractivity contribution in [3.8, 4) is 0 Å². The third kappa shape index (κ3) is 5.14. The Morgan fingerprint density at radius 1 is 1.14 bits per heavy atom. The zero-order valence-corrected chi connectivity index (χ0v) is 17.6. The van der Waals surface area contributed by atoms with Gasteiger partial charge in [-0.15, -0.1) is 0 Å². The molecule has 1 aromatic carbocycles. The largest absolute Gasteiger partial charge is 0.354 e. The number of benzene rings is 1. The molecule has 0 amide bonds. The standard InChI is InChI=1S/C21H29ClN6/c1-23-21(25-16-19(26(2)3)17-7-9-18(22)10-8-17)28-14-12-27(13-15-28)20-6-4-5-11-24-20/h4-11,19H,12-16H2,1-3H3,(H,23,25). The van der Waals surface area contributed by atoms with Crippen molar-refractivity contribution in [3.05, 3.63) is 59.2 Å². The lowest BCUT2D eigenvalue weighted by molar-refractivity contribution is 0.292. The maximum Gasteiger partial charge on any atom is 0.193 e. The molecule has 1 fully saturated rings. The van der Waals surface area contributed by atoms with Gasteiger partial charge in [-0.3, -0.25) is 4.99 Å². The third-order valence-electron chi connectivity index (χ3n) is 5.10. The summed E-state index contributed by atoms with van der Waals surface area (Å²) >= 11 is 6.04. The predicted octanol–water partition coefficient (Wildman–Crippen LogP) is 2.74. The molecule has 1 aromatic heterocycles. The Morgan fingerprint density at radius 3 is 2.43 bits per heavy atom. The molecule has 1 atom stereocenters. The van der Waals surface area contributed by atoms with E-state index in [1.807, 2.05) is 37.5 Å². The average molecular weight is 401 g/mol. The van der Waals surface area contributed by atoms with Crippen molar-refractivity contribution in [1.82, 2.24) is 20.1 Å². The summed E-state index contributed by atoms with van der Waals surface area (Å²) in [6, 6.07) is 14.4. The molecule has 0 bridgehead atoms. The monoisotopic (exact) mass is 400 g/mol. The lowest BCUT2D eigenvalue weighted by Crippen LogP contribution is -2.53. The second-order valence-corrected chi connectivity index (χ2v) is 7.56. The van der Waals surface area contributed by atoms with Crippen molar-refractivity contribution in [3.63, 3.8) is 0 Å². The predicted molar refractivity (Wildman–Crippen MR) is 117 cm³/mol. The fourth-order valence-electron chi connectivity index (χ4n) is 3.49. The number of aliphatic imine (C=N–C) groups is 1. The van der Waals surface area contributed by atoms with Crippen LogP contribution in [0, 0.1) is 0 Å². The van der Waals surface area contributed by atoms with Crippen LogP contribution in [-0.4, -0.2) is 74.6 Å². The SMILES string of the molecule is CN=C(NCC(c1ccc(Cl)cc1)N(C)C)N1CCN(c2ccccn2)CC1. The fraction of sp³-hybridized carbons (Fsp3) is 0.429. The molecule has 1 N–H and O–H groups in total. The third-order valence-corrected chi connectivity index (χ3v) is 5.35. The number of aromatic nitrogens is 1. The van der Waals surface area contributed by atoms with Gasteiger partial charge in [-0.05, 0) is 43.9 Å². The first-order chi connectivity index (χ1) is 13.6. The van der Waals surface area contributed by atoms with E-state index in [1.165, 1.54) is 5.56 Å². The van der Waals surface area contributed by atoms with Crippen LogP contribution < -0.4 is 10.2 Å². The van der Waals surface area contributed by atoms with E-state index in [9.17, 15) is 0 Å². The zero-order valence-electron chi connectivity index (χ0n) is 16.8. The number of nitrogens with one attached hydrogen (secondary N) is 1. The van der Waals surface area contributed by atoms with E-state index in [1.54, 1.807) is 0 Å². The van der Waals surface area contributed by atoms with Crippen LogP contribution >= 0.6 is 11.6 Å². The molecule has 6 nitrogen and oxygen atoms in total. The summed E-state index contributed by atoms with van der Waals surface area (Å²) in [5, 5.41) is 4.32. The minimum atomic E-state index is 0.240. The maximum absolute atomic E-state index is 6.04. The number of pyridine rings is 1. The molecule has 7 heteroatoms. The molecule has 0 spiro atoms. The van der Waals surface area contributed by atoms with E-state index in [-0.39, 0.29) is 6.04 Å². The first-order valence-corrected chi connectivity index (χ1v) is 9.99. The van der Waals surface area contributed by atoms with Gasteiger partial charge in [0.2, 0.25) is 0 Å². The minimum Gasteiger partial charge on any atom is -0.354 e. The van der Waals surface area contributed by atoms with Crippen LogP contribution in [0.4, 0.5) is 5.82 Å². The highest BCUT2D eigenvalue weighted by Crippen LogP contribution is 2.20. The Labute approximate surface area is 172 Å². The van der Waals surface area contributed by atoms with Gasteiger partial charge in [0.05, 0.1) is 6.04 Å². The molecule has 2 aromatic rings.